The number of anilines is 1. The molecular weight excluding hydrogens is 375 g/mol. The molecule has 0 atom stereocenters. The average molecular weight is 393 g/mol. The molecular formula is C18H18Cl2N4O2. The van der Waals surface area contributed by atoms with Crippen molar-refractivity contribution in [2.24, 2.45) is 0 Å². The number of benzene rings is 2. The van der Waals surface area contributed by atoms with Gasteiger partial charge in [-0.05, 0) is 36.8 Å². The van der Waals surface area contributed by atoms with E-state index >= 15 is 0 Å². The number of H-pyrrole nitrogens is 1. The highest BCUT2D eigenvalue weighted by atomic mass is 35.5. The van der Waals surface area contributed by atoms with Gasteiger partial charge in [-0.1, -0.05) is 35.3 Å². The molecule has 0 fully saturated rings. The Kier molecular flexibility index (Phi) is 6.20. The molecule has 136 valence electrons. The van der Waals surface area contributed by atoms with E-state index < -0.39 is 0 Å². The third kappa shape index (κ3) is 4.59. The molecule has 8 heteroatoms. The molecule has 0 spiro atoms. The minimum absolute atomic E-state index is 0.258. The first-order chi connectivity index (χ1) is 12.7. The van der Waals surface area contributed by atoms with E-state index in [2.05, 4.69) is 20.5 Å². The highest BCUT2D eigenvalue weighted by molar-refractivity contribution is 6.35. The lowest BCUT2D eigenvalue weighted by molar-refractivity contribution is 0.269. The van der Waals surface area contributed by atoms with Gasteiger partial charge in [-0.3, -0.25) is 0 Å². The Morgan fingerprint density at radius 1 is 1.08 bits per heavy atom. The largest absolute Gasteiger partial charge is 0.490 e. The Labute approximate surface area is 161 Å². The summed E-state index contributed by atoms with van der Waals surface area (Å²) in [5, 5.41) is 10.8. The molecule has 2 aromatic carbocycles. The van der Waals surface area contributed by atoms with Crippen LogP contribution in [0.4, 0.5) is 5.95 Å². The number of rotatable bonds is 8. The summed E-state index contributed by atoms with van der Waals surface area (Å²) < 4.78 is 11.6. The fourth-order valence-electron chi connectivity index (χ4n) is 2.35. The first-order valence-electron chi connectivity index (χ1n) is 8.08. The fraction of sp³-hybridized carbons (Fsp3) is 0.222. The number of hydrogen-bond donors (Lipinski definition) is 2. The molecule has 0 aliphatic carbocycles. The zero-order chi connectivity index (χ0) is 18.4. The topological polar surface area (TPSA) is 72.1 Å². The quantitative estimate of drug-likeness (QED) is 0.580. The molecule has 0 aliphatic rings. The van der Waals surface area contributed by atoms with Crippen molar-refractivity contribution < 1.29 is 9.47 Å². The minimum Gasteiger partial charge on any atom is -0.490 e. The summed E-state index contributed by atoms with van der Waals surface area (Å²) in [5.74, 6) is 1.90. The number of nitrogens with one attached hydrogen (secondary N) is 2. The van der Waals surface area contributed by atoms with Crippen LogP contribution >= 0.6 is 23.2 Å². The van der Waals surface area contributed by atoms with Crippen molar-refractivity contribution in [2.75, 3.05) is 11.9 Å². The van der Waals surface area contributed by atoms with Crippen molar-refractivity contribution >= 4 is 29.2 Å². The van der Waals surface area contributed by atoms with E-state index in [9.17, 15) is 0 Å². The van der Waals surface area contributed by atoms with E-state index in [4.69, 9.17) is 32.7 Å². The van der Waals surface area contributed by atoms with Crippen molar-refractivity contribution in [3.63, 3.8) is 0 Å². The fourth-order valence-corrected chi connectivity index (χ4v) is 2.85. The normalized spacial score (nSPS) is 10.6. The van der Waals surface area contributed by atoms with Gasteiger partial charge in [0, 0.05) is 22.2 Å². The number of aromatic nitrogens is 3. The van der Waals surface area contributed by atoms with Gasteiger partial charge in [0.1, 0.15) is 12.9 Å². The molecule has 1 aromatic heterocycles. The molecule has 0 saturated carbocycles. The Bertz CT molecular complexity index is 836. The highest BCUT2D eigenvalue weighted by Gasteiger charge is 2.11. The second-order valence-electron chi connectivity index (χ2n) is 5.39. The standard InChI is InChI=1S/C18H18Cl2N4O2/c1-2-25-17-8-12(9-21-18-22-11-23-24-18)6-7-16(17)26-10-13-14(19)4-3-5-15(13)20/h3-8,11H,2,9-10H2,1H3,(H2,21,22,23,24). The van der Waals surface area contributed by atoms with Crippen molar-refractivity contribution in [1.82, 2.24) is 15.2 Å². The van der Waals surface area contributed by atoms with E-state index in [1.165, 1.54) is 6.33 Å². The molecule has 0 amide bonds. The summed E-state index contributed by atoms with van der Waals surface area (Å²) in [5.41, 5.74) is 1.77. The predicted molar refractivity (Wildman–Crippen MR) is 102 cm³/mol. The SMILES string of the molecule is CCOc1cc(CNc2ncn[nH]2)ccc1OCc1c(Cl)cccc1Cl. The van der Waals surface area contributed by atoms with Crippen LogP contribution in [0.15, 0.2) is 42.7 Å². The predicted octanol–water partition coefficient (Wildman–Crippen LogP) is 4.70. The lowest BCUT2D eigenvalue weighted by Crippen LogP contribution is -2.04. The molecule has 0 radical (unpaired) electrons. The number of aromatic amines is 1. The van der Waals surface area contributed by atoms with Gasteiger partial charge in [0.05, 0.1) is 6.61 Å². The summed E-state index contributed by atoms with van der Waals surface area (Å²) in [6.07, 6.45) is 1.45. The Morgan fingerprint density at radius 2 is 1.88 bits per heavy atom. The summed E-state index contributed by atoms with van der Waals surface area (Å²) >= 11 is 12.4. The molecule has 6 nitrogen and oxygen atoms in total. The van der Waals surface area contributed by atoms with Gasteiger partial charge in [-0.2, -0.15) is 5.10 Å². The Balaban J connectivity index is 1.71. The van der Waals surface area contributed by atoms with E-state index in [1.807, 2.05) is 25.1 Å². The number of halogens is 2. The third-order valence-corrected chi connectivity index (χ3v) is 4.32. The monoisotopic (exact) mass is 392 g/mol. The van der Waals surface area contributed by atoms with Crippen LogP contribution in [0.25, 0.3) is 0 Å². The van der Waals surface area contributed by atoms with Gasteiger partial charge >= 0.3 is 0 Å². The molecule has 0 saturated heterocycles. The van der Waals surface area contributed by atoms with Crippen molar-refractivity contribution in [2.45, 2.75) is 20.1 Å². The van der Waals surface area contributed by atoms with Crippen LogP contribution in [0.5, 0.6) is 11.5 Å². The molecule has 26 heavy (non-hydrogen) atoms. The lowest BCUT2D eigenvalue weighted by Gasteiger charge is -2.15. The molecule has 0 unspecified atom stereocenters. The Morgan fingerprint density at radius 3 is 2.58 bits per heavy atom. The first kappa shape index (κ1) is 18.4. The highest BCUT2D eigenvalue weighted by Crippen LogP contribution is 2.31. The van der Waals surface area contributed by atoms with Crippen molar-refractivity contribution in [1.29, 1.82) is 0 Å². The minimum atomic E-state index is 0.258. The number of hydrogen-bond acceptors (Lipinski definition) is 5. The van der Waals surface area contributed by atoms with Crippen LogP contribution in [-0.4, -0.2) is 21.8 Å². The maximum Gasteiger partial charge on any atom is 0.218 e. The summed E-state index contributed by atoms with van der Waals surface area (Å²) in [7, 11) is 0. The summed E-state index contributed by atoms with van der Waals surface area (Å²) in [6, 6.07) is 11.1. The van der Waals surface area contributed by atoms with E-state index in [-0.39, 0.29) is 6.61 Å². The summed E-state index contributed by atoms with van der Waals surface area (Å²) in [6.45, 7) is 3.29. The number of ether oxygens (including phenoxy) is 2. The molecule has 0 aliphatic heterocycles. The summed E-state index contributed by atoms with van der Waals surface area (Å²) in [4.78, 5) is 4.03. The molecule has 3 rings (SSSR count). The second kappa shape index (κ2) is 8.78. The van der Waals surface area contributed by atoms with Crippen LogP contribution in [0.3, 0.4) is 0 Å². The van der Waals surface area contributed by atoms with E-state index in [0.717, 1.165) is 11.1 Å². The van der Waals surface area contributed by atoms with Crippen LogP contribution in [0.2, 0.25) is 10.0 Å². The van der Waals surface area contributed by atoms with Gasteiger partial charge < -0.3 is 14.8 Å². The van der Waals surface area contributed by atoms with Crippen LogP contribution in [0, 0.1) is 0 Å². The van der Waals surface area contributed by atoms with E-state index in [0.29, 0.717) is 40.6 Å². The van der Waals surface area contributed by atoms with Gasteiger partial charge in [0.25, 0.3) is 0 Å². The molecule has 3 aromatic rings. The van der Waals surface area contributed by atoms with Gasteiger partial charge in [0.2, 0.25) is 5.95 Å². The second-order valence-corrected chi connectivity index (χ2v) is 6.21. The zero-order valence-electron chi connectivity index (χ0n) is 14.1. The van der Waals surface area contributed by atoms with Crippen LogP contribution < -0.4 is 14.8 Å². The van der Waals surface area contributed by atoms with Gasteiger partial charge in [0.15, 0.2) is 11.5 Å². The molecule has 0 bridgehead atoms. The van der Waals surface area contributed by atoms with E-state index in [1.54, 1.807) is 18.2 Å². The maximum atomic E-state index is 6.19. The first-order valence-corrected chi connectivity index (χ1v) is 8.83. The molecule has 1 heterocycles. The average Bonchev–Trinajstić information content (AvgIpc) is 3.15. The Hall–Kier alpha value is -2.44. The maximum absolute atomic E-state index is 6.19. The molecule has 2 N–H and O–H groups in total. The van der Waals surface area contributed by atoms with Gasteiger partial charge in [-0.25, -0.2) is 10.1 Å². The van der Waals surface area contributed by atoms with Crippen LogP contribution in [0.1, 0.15) is 18.1 Å². The van der Waals surface area contributed by atoms with Crippen molar-refractivity contribution in [3.8, 4) is 11.5 Å². The number of nitrogens with zero attached hydrogens (tertiary/aromatic N) is 2. The smallest absolute Gasteiger partial charge is 0.218 e. The van der Waals surface area contributed by atoms with Crippen molar-refractivity contribution in [3.05, 3.63) is 63.9 Å². The lowest BCUT2D eigenvalue weighted by atomic mass is 10.2. The zero-order valence-corrected chi connectivity index (χ0v) is 15.6. The van der Waals surface area contributed by atoms with Gasteiger partial charge in [-0.15, -0.1) is 0 Å². The van der Waals surface area contributed by atoms with Crippen LogP contribution in [-0.2, 0) is 13.2 Å². The third-order valence-electron chi connectivity index (χ3n) is 3.62.